The Bertz CT molecular complexity index is 999. The van der Waals surface area contributed by atoms with E-state index in [1.165, 1.54) is 21.9 Å². The highest BCUT2D eigenvalue weighted by Gasteiger charge is 2.30. The predicted octanol–water partition coefficient (Wildman–Crippen LogP) is 1.90. The lowest BCUT2D eigenvalue weighted by molar-refractivity contribution is 0.301. The maximum absolute atomic E-state index is 11.8. The standard InChI is InChI=1S/C16H19N5O3S2/c1-26(22,23)20-9-5-6-12(10-20)15-17-18-16-21(15)19-14(25-16)11-24-13-7-3-2-4-8-13/h2-4,7-8,12H,5-6,9-11H2,1H3. The van der Waals surface area contributed by atoms with Gasteiger partial charge in [0, 0.05) is 19.0 Å². The monoisotopic (exact) mass is 393 g/mol. The molecule has 4 rings (SSSR count). The normalized spacial score (nSPS) is 19.0. The van der Waals surface area contributed by atoms with Gasteiger partial charge in [-0.2, -0.15) is 9.61 Å². The molecule has 3 heterocycles. The molecule has 138 valence electrons. The Kier molecular flexibility index (Phi) is 4.63. The Morgan fingerprint density at radius 1 is 1.27 bits per heavy atom. The highest BCUT2D eigenvalue weighted by Crippen LogP contribution is 2.28. The number of piperidine rings is 1. The number of fused-ring (bicyclic) bond motifs is 1. The van der Waals surface area contributed by atoms with Gasteiger partial charge < -0.3 is 4.74 Å². The summed E-state index contributed by atoms with van der Waals surface area (Å²) in [5.74, 6) is 1.50. The first-order valence-corrected chi connectivity index (χ1v) is 11.0. The summed E-state index contributed by atoms with van der Waals surface area (Å²) in [6.07, 6.45) is 2.93. The molecular weight excluding hydrogens is 374 g/mol. The van der Waals surface area contributed by atoms with Crippen molar-refractivity contribution in [2.75, 3.05) is 19.3 Å². The molecule has 26 heavy (non-hydrogen) atoms. The molecule has 0 radical (unpaired) electrons. The van der Waals surface area contributed by atoms with E-state index in [9.17, 15) is 8.42 Å². The Morgan fingerprint density at radius 2 is 2.08 bits per heavy atom. The van der Waals surface area contributed by atoms with Crippen LogP contribution in [0.25, 0.3) is 4.96 Å². The van der Waals surface area contributed by atoms with Crippen LogP contribution in [0.5, 0.6) is 5.75 Å². The largest absolute Gasteiger partial charge is 0.486 e. The number of para-hydroxylation sites is 1. The molecule has 1 fully saturated rings. The molecule has 0 saturated carbocycles. The first kappa shape index (κ1) is 17.4. The maximum Gasteiger partial charge on any atom is 0.234 e. The van der Waals surface area contributed by atoms with Gasteiger partial charge in [0.1, 0.15) is 12.4 Å². The minimum absolute atomic E-state index is 0.00142. The minimum Gasteiger partial charge on any atom is -0.486 e. The summed E-state index contributed by atoms with van der Waals surface area (Å²) in [6.45, 7) is 1.34. The highest BCUT2D eigenvalue weighted by atomic mass is 32.2. The van der Waals surface area contributed by atoms with Crippen molar-refractivity contribution in [3.05, 3.63) is 41.2 Å². The molecule has 0 spiro atoms. The number of ether oxygens (including phenoxy) is 1. The van der Waals surface area contributed by atoms with Crippen LogP contribution in [0.4, 0.5) is 0 Å². The zero-order valence-electron chi connectivity index (χ0n) is 14.3. The summed E-state index contributed by atoms with van der Waals surface area (Å²) in [4.78, 5) is 0.697. The quantitative estimate of drug-likeness (QED) is 0.658. The molecule has 0 N–H and O–H groups in total. The summed E-state index contributed by atoms with van der Waals surface area (Å²) in [5, 5.41) is 13.8. The molecular formula is C16H19N5O3S2. The fourth-order valence-corrected chi connectivity index (χ4v) is 4.77. The fraction of sp³-hybridized carbons (Fsp3) is 0.438. The van der Waals surface area contributed by atoms with E-state index in [0.717, 1.165) is 29.4 Å². The van der Waals surface area contributed by atoms with Crippen LogP contribution < -0.4 is 4.74 Å². The molecule has 1 aliphatic rings. The number of aromatic nitrogens is 4. The second-order valence-corrected chi connectivity index (χ2v) is 9.33. The fourth-order valence-electron chi connectivity index (χ4n) is 3.10. The lowest BCUT2D eigenvalue weighted by Crippen LogP contribution is -2.38. The lowest BCUT2D eigenvalue weighted by atomic mass is 9.99. The van der Waals surface area contributed by atoms with Crippen LogP contribution >= 0.6 is 11.3 Å². The predicted molar refractivity (Wildman–Crippen MR) is 97.8 cm³/mol. The first-order valence-electron chi connectivity index (χ1n) is 8.35. The van der Waals surface area contributed by atoms with E-state index in [1.807, 2.05) is 30.3 Å². The van der Waals surface area contributed by atoms with Crippen molar-refractivity contribution in [3.63, 3.8) is 0 Å². The molecule has 8 nitrogen and oxygen atoms in total. The van der Waals surface area contributed by atoms with Crippen LogP contribution in [-0.2, 0) is 16.6 Å². The van der Waals surface area contributed by atoms with Crippen LogP contribution in [0.1, 0.15) is 29.6 Å². The molecule has 2 aromatic heterocycles. The van der Waals surface area contributed by atoms with Gasteiger partial charge in [-0.3, -0.25) is 0 Å². The molecule has 1 saturated heterocycles. The van der Waals surface area contributed by atoms with Crippen LogP contribution in [-0.4, -0.2) is 51.9 Å². The number of nitrogens with zero attached hydrogens (tertiary/aromatic N) is 5. The van der Waals surface area contributed by atoms with Crippen LogP contribution in [0.2, 0.25) is 0 Å². The molecule has 10 heteroatoms. The summed E-state index contributed by atoms with van der Waals surface area (Å²) in [5.41, 5.74) is 0. The van der Waals surface area contributed by atoms with Crippen molar-refractivity contribution in [2.45, 2.75) is 25.4 Å². The summed E-state index contributed by atoms with van der Waals surface area (Å²) >= 11 is 1.43. The van der Waals surface area contributed by atoms with E-state index < -0.39 is 10.0 Å². The summed E-state index contributed by atoms with van der Waals surface area (Å²) < 4.78 is 32.7. The number of sulfonamides is 1. The molecule has 0 amide bonds. The number of hydrogen-bond donors (Lipinski definition) is 0. The lowest BCUT2D eigenvalue weighted by Gasteiger charge is -2.29. The van der Waals surface area contributed by atoms with Crippen molar-refractivity contribution in [1.29, 1.82) is 0 Å². The van der Waals surface area contributed by atoms with Crippen LogP contribution in [0, 0.1) is 0 Å². The third-order valence-corrected chi connectivity index (χ3v) is 6.52. The van der Waals surface area contributed by atoms with Crippen molar-refractivity contribution in [3.8, 4) is 5.75 Å². The Balaban J connectivity index is 1.52. The van der Waals surface area contributed by atoms with E-state index in [1.54, 1.807) is 4.52 Å². The van der Waals surface area contributed by atoms with E-state index >= 15 is 0 Å². The molecule has 3 aromatic rings. The third kappa shape index (κ3) is 3.57. The van der Waals surface area contributed by atoms with Gasteiger partial charge in [0.25, 0.3) is 0 Å². The zero-order valence-corrected chi connectivity index (χ0v) is 15.9. The van der Waals surface area contributed by atoms with Gasteiger partial charge in [-0.1, -0.05) is 29.5 Å². The van der Waals surface area contributed by atoms with Gasteiger partial charge in [0.15, 0.2) is 10.8 Å². The zero-order chi connectivity index (χ0) is 18.1. The van der Waals surface area contributed by atoms with Crippen molar-refractivity contribution < 1.29 is 13.2 Å². The average Bonchev–Trinajstić information content (AvgIpc) is 3.20. The topological polar surface area (TPSA) is 89.7 Å². The van der Waals surface area contributed by atoms with Gasteiger partial charge in [0.05, 0.1) is 6.26 Å². The summed E-state index contributed by atoms with van der Waals surface area (Å²) in [6, 6.07) is 9.57. The number of hydrogen-bond acceptors (Lipinski definition) is 7. The second kappa shape index (κ2) is 6.93. The van der Waals surface area contributed by atoms with E-state index in [4.69, 9.17) is 4.74 Å². The maximum atomic E-state index is 11.8. The summed E-state index contributed by atoms with van der Waals surface area (Å²) in [7, 11) is -3.20. The van der Waals surface area contributed by atoms with Crippen molar-refractivity contribution >= 4 is 26.3 Å². The molecule has 1 aliphatic heterocycles. The van der Waals surface area contributed by atoms with E-state index in [0.29, 0.717) is 24.7 Å². The Morgan fingerprint density at radius 3 is 2.85 bits per heavy atom. The van der Waals surface area contributed by atoms with Crippen LogP contribution in [0.3, 0.4) is 0 Å². The van der Waals surface area contributed by atoms with Gasteiger partial charge in [0.2, 0.25) is 15.0 Å². The third-order valence-electron chi connectivity index (χ3n) is 4.38. The molecule has 1 unspecified atom stereocenters. The second-order valence-electron chi connectivity index (χ2n) is 6.31. The van der Waals surface area contributed by atoms with Gasteiger partial charge in [-0.15, -0.1) is 10.2 Å². The number of rotatable bonds is 5. The van der Waals surface area contributed by atoms with Gasteiger partial charge in [-0.25, -0.2) is 12.7 Å². The molecule has 0 bridgehead atoms. The Labute approximate surface area is 155 Å². The molecule has 0 aliphatic carbocycles. The van der Waals surface area contributed by atoms with E-state index in [2.05, 4.69) is 15.3 Å². The average molecular weight is 393 g/mol. The first-order chi connectivity index (χ1) is 12.5. The van der Waals surface area contributed by atoms with Crippen molar-refractivity contribution in [2.24, 2.45) is 0 Å². The van der Waals surface area contributed by atoms with Gasteiger partial charge in [-0.05, 0) is 25.0 Å². The highest BCUT2D eigenvalue weighted by molar-refractivity contribution is 7.88. The molecule has 1 aromatic carbocycles. The Hall–Kier alpha value is -2.04. The van der Waals surface area contributed by atoms with E-state index in [-0.39, 0.29) is 5.92 Å². The van der Waals surface area contributed by atoms with Gasteiger partial charge >= 0.3 is 0 Å². The SMILES string of the molecule is CS(=O)(=O)N1CCCC(c2nnc3sc(COc4ccccc4)nn23)C1. The van der Waals surface area contributed by atoms with Crippen molar-refractivity contribution in [1.82, 2.24) is 24.1 Å². The van der Waals surface area contributed by atoms with Crippen LogP contribution in [0.15, 0.2) is 30.3 Å². The smallest absolute Gasteiger partial charge is 0.234 e. The number of benzene rings is 1. The molecule has 1 atom stereocenters. The minimum atomic E-state index is -3.20.